The van der Waals surface area contributed by atoms with Crippen molar-refractivity contribution in [2.24, 2.45) is 0 Å². The van der Waals surface area contributed by atoms with Crippen LogP contribution in [0, 0.1) is 19.7 Å². The Morgan fingerprint density at radius 1 is 1.14 bits per heavy atom. The van der Waals surface area contributed by atoms with E-state index in [9.17, 15) is 4.39 Å². The topological polar surface area (TPSA) is 12.0 Å². The molecule has 0 saturated heterocycles. The molecule has 1 nitrogen and oxygen atoms in total. The molecule has 0 amide bonds. The van der Waals surface area contributed by atoms with Crippen molar-refractivity contribution in [1.82, 2.24) is 5.32 Å². The van der Waals surface area contributed by atoms with Crippen LogP contribution in [0.2, 0.25) is 0 Å². The van der Waals surface area contributed by atoms with Crippen LogP contribution in [0.4, 0.5) is 4.39 Å². The zero-order valence-corrected chi connectivity index (χ0v) is 14.3. The molecule has 0 radical (unpaired) electrons. The van der Waals surface area contributed by atoms with E-state index in [4.69, 9.17) is 0 Å². The van der Waals surface area contributed by atoms with Gasteiger partial charge in [-0.15, -0.1) is 0 Å². The highest BCUT2D eigenvalue weighted by Gasteiger charge is 2.16. The highest BCUT2D eigenvalue weighted by molar-refractivity contribution is 9.10. The monoisotopic (exact) mass is 349 g/mol. The third kappa shape index (κ3) is 4.14. The second kappa shape index (κ2) is 7.19. The molecule has 2 aromatic rings. The molecule has 2 rings (SSSR count). The van der Waals surface area contributed by atoms with E-state index < -0.39 is 0 Å². The molecule has 0 saturated carbocycles. The second-order valence-corrected chi connectivity index (χ2v) is 6.37. The number of rotatable bonds is 5. The van der Waals surface area contributed by atoms with E-state index in [0.29, 0.717) is 0 Å². The van der Waals surface area contributed by atoms with Crippen molar-refractivity contribution in [3.8, 4) is 0 Å². The van der Waals surface area contributed by atoms with Crippen LogP contribution in [0.25, 0.3) is 0 Å². The first-order valence-corrected chi connectivity index (χ1v) is 8.07. The fourth-order valence-electron chi connectivity index (χ4n) is 2.59. The van der Waals surface area contributed by atoms with Crippen LogP contribution >= 0.6 is 15.9 Å². The molecule has 0 aliphatic rings. The molecule has 21 heavy (non-hydrogen) atoms. The quantitative estimate of drug-likeness (QED) is 0.772. The number of aryl methyl sites for hydroxylation is 2. The average Bonchev–Trinajstić information content (AvgIpc) is 2.40. The third-order valence-corrected chi connectivity index (χ3v) is 4.00. The van der Waals surface area contributed by atoms with Crippen molar-refractivity contribution >= 4 is 15.9 Å². The summed E-state index contributed by atoms with van der Waals surface area (Å²) in [6.45, 7) is 7.12. The Balaban J connectivity index is 2.46. The summed E-state index contributed by atoms with van der Waals surface area (Å²) in [6, 6.07) is 11.5. The van der Waals surface area contributed by atoms with Gasteiger partial charge in [0, 0.05) is 4.47 Å². The van der Waals surface area contributed by atoms with E-state index in [1.165, 1.54) is 17.2 Å². The zero-order chi connectivity index (χ0) is 15.4. The maximum atomic E-state index is 13.4. The van der Waals surface area contributed by atoms with E-state index in [-0.39, 0.29) is 11.9 Å². The molecule has 0 aromatic heterocycles. The van der Waals surface area contributed by atoms with Crippen molar-refractivity contribution < 1.29 is 4.39 Å². The van der Waals surface area contributed by atoms with E-state index >= 15 is 0 Å². The summed E-state index contributed by atoms with van der Waals surface area (Å²) >= 11 is 3.56. The predicted octanol–water partition coefficient (Wildman–Crippen LogP) is 5.29. The average molecular weight is 350 g/mol. The molecule has 1 unspecified atom stereocenters. The first kappa shape index (κ1) is 16.2. The lowest BCUT2D eigenvalue weighted by atomic mass is 9.94. The van der Waals surface area contributed by atoms with Gasteiger partial charge < -0.3 is 5.32 Å². The molecule has 112 valence electrons. The molecule has 0 aliphatic heterocycles. The van der Waals surface area contributed by atoms with Crippen molar-refractivity contribution in [3.63, 3.8) is 0 Å². The Kier molecular flexibility index (Phi) is 5.54. The number of nitrogens with one attached hydrogen (secondary N) is 1. The zero-order valence-electron chi connectivity index (χ0n) is 12.7. The summed E-state index contributed by atoms with van der Waals surface area (Å²) in [6.07, 6.45) is 1.06. The molecule has 0 spiro atoms. The van der Waals surface area contributed by atoms with Crippen LogP contribution in [0.5, 0.6) is 0 Å². The van der Waals surface area contributed by atoms with Gasteiger partial charge in [0.25, 0.3) is 0 Å². The van der Waals surface area contributed by atoms with Gasteiger partial charge in [-0.05, 0) is 73.3 Å². The maximum absolute atomic E-state index is 13.4. The fourth-order valence-corrected chi connectivity index (χ4v) is 3.22. The highest BCUT2D eigenvalue weighted by atomic mass is 79.9. The van der Waals surface area contributed by atoms with Crippen LogP contribution in [-0.2, 0) is 0 Å². The Morgan fingerprint density at radius 2 is 1.90 bits per heavy atom. The molecule has 1 N–H and O–H groups in total. The molecule has 0 aliphatic carbocycles. The standard InChI is InChI=1S/C18H21BrFN/c1-4-7-21-18(14-8-12(2)9-15(19)11-14)17-6-5-16(20)10-13(17)3/h5-6,8-11,18,21H,4,7H2,1-3H3. The third-order valence-electron chi connectivity index (χ3n) is 3.54. The predicted molar refractivity (Wildman–Crippen MR) is 90.2 cm³/mol. The van der Waals surface area contributed by atoms with E-state index in [2.05, 4.69) is 53.3 Å². The SMILES string of the molecule is CCCNC(c1cc(C)cc(Br)c1)c1ccc(F)cc1C. The van der Waals surface area contributed by atoms with Crippen molar-refractivity contribution in [1.29, 1.82) is 0 Å². The molecular weight excluding hydrogens is 329 g/mol. The van der Waals surface area contributed by atoms with Crippen molar-refractivity contribution in [3.05, 3.63) is 68.9 Å². The Hall–Kier alpha value is -1.19. The summed E-state index contributed by atoms with van der Waals surface area (Å²) in [7, 11) is 0. The Bertz CT molecular complexity index is 604. The number of hydrogen-bond acceptors (Lipinski definition) is 1. The van der Waals surface area contributed by atoms with Crippen molar-refractivity contribution in [2.75, 3.05) is 6.54 Å². The van der Waals surface area contributed by atoms with Crippen LogP contribution in [0.1, 0.15) is 41.6 Å². The van der Waals surface area contributed by atoms with Gasteiger partial charge in [-0.1, -0.05) is 35.0 Å². The van der Waals surface area contributed by atoms with Gasteiger partial charge in [-0.25, -0.2) is 4.39 Å². The largest absolute Gasteiger partial charge is 0.306 e. The number of halogens is 2. The smallest absolute Gasteiger partial charge is 0.123 e. The lowest BCUT2D eigenvalue weighted by Gasteiger charge is -2.22. The second-order valence-electron chi connectivity index (χ2n) is 5.45. The summed E-state index contributed by atoms with van der Waals surface area (Å²) < 4.78 is 14.4. The normalized spacial score (nSPS) is 12.4. The minimum absolute atomic E-state index is 0.0850. The van der Waals surface area contributed by atoms with Gasteiger partial charge >= 0.3 is 0 Å². The minimum Gasteiger partial charge on any atom is -0.306 e. The van der Waals surface area contributed by atoms with Crippen molar-refractivity contribution in [2.45, 2.75) is 33.2 Å². The van der Waals surface area contributed by atoms with Crippen LogP contribution in [0.3, 0.4) is 0 Å². The van der Waals surface area contributed by atoms with Gasteiger partial charge in [0.15, 0.2) is 0 Å². The van der Waals surface area contributed by atoms with Gasteiger partial charge in [0.05, 0.1) is 6.04 Å². The van der Waals surface area contributed by atoms with Gasteiger partial charge in [-0.3, -0.25) is 0 Å². The molecular formula is C18H21BrFN. The lowest BCUT2D eigenvalue weighted by Crippen LogP contribution is -2.24. The first-order valence-electron chi connectivity index (χ1n) is 7.27. The summed E-state index contributed by atoms with van der Waals surface area (Å²) in [5, 5.41) is 3.57. The highest BCUT2D eigenvalue weighted by Crippen LogP contribution is 2.28. The molecule has 3 heteroatoms. The summed E-state index contributed by atoms with van der Waals surface area (Å²) in [5.41, 5.74) is 4.51. The van der Waals surface area contributed by atoms with Crippen LogP contribution in [-0.4, -0.2) is 6.54 Å². The van der Waals surface area contributed by atoms with Gasteiger partial charge in [0.2, 0.25) is 0 Å². The summed E-state index contributed by atoms with van der Waals surface area (Å²) in [5.74, 6) is -0.184. The van der Waals surface area contributed by atoms with E-state index in [0.717, 1.165) is 28.6 Å². The summed E-state index contributed by atoms with van der Waals surface area (Å²) in [4.78, 5) is 0. The number of benzene rings is 2. The van der Waals surface area contributed by atoms with Crippen LogP contribution in [0.15, 0.2) is 40.9 Å². The Morgan fingerprint density at radius 3 is 2.52 bits per heavy atom. The Labute approximate surface area is 134 Å². The first-order chi connectivity index (χ1) is 10.0. The van der Waals surface area contributed by atoms with Gasteiger partial charge in [-0.2, -0.15) is 0 Å². The fraction of sp³-hybridized carbons (Fsp3) is 0.333. The number of hydrogen-bond donors (Lipinski definition) is 1. The lowest BCUT2D eigenvalue weighted by molar-refractivity contribution is 0.589. The maximum Gasteiger partial charge on any atom is 0.123 e. The van der Waals surface area contributed by atoms with Gasteiger partial charge in [0.1, 0.15) is 5.82 Å². The molecule has 1 atom stereocenters. The molecule has 0 bridgehead atoms. The minimum atomic E-state index is -0.184. The van der Waals surface area contributed by atoms with Crippen LogP contribution < -0.4 is 5.32 Å². The van der Waals surface area contributed by atoms with E-state index in [1.54, 1.807) is 6.07 Å². The van der Waals surface area contributed by atoms with E-state index in [1.807, 2.05) is 13.0 Å². The molecule has 2 aromatic carbocycles. The molecule has 0 heterocycles. The molecule has 0 fully saturated rings.